The predicted octanol–water partition coefficient (Wildman–Crippen LogP) is 1.61. The predicted molar refractivity (Wildman–Crippen MR) is 108 cm³/mol. The summed E-state index contributed by atoms with van der Waals surface area (Å²) in [5.74, 6) is 0.151. The normalized spacial score (nSPS) is 21.3. The molecule has 0 radical (unpaired) electrons. The number of carbonyl (C=O) groups is 2. The lowest BCUT2D eigenvalue weighted by Gasteiger charge is -2.21. The number of anilines is 2. The lowest BCUT2D eigenvalue weighted by atomic mass is 10.1. The zero-order valence-corrected chi connectivity index (χ0v) is 17.0. The highest BCUT2D eigenvalue weighted by molar-refractivity contribution is 5.99. The molecule has 2 amide bonds. The molecule has 0 spiro atoms. The third-order valence-corrected chi connectivity index (χ3v) is 5.51. The van der Waals surface area contributed by atoms with Crippen molar-refractivity contribution < 1.29 is 27.8 Å². The average molecular weight is 435 g/mol. The molecule has 1 aromatic heterocycles. The first-order valence-electron chi connectivity index (χ1n) is 9.84. The number of nitrogens with zero attached hydrogens (tertiary/aromatic N) is 3. The smallest absolute Gasteiger partial charge is 0.259 e. The topological polar surface area (TPSA) is 112 Å². The minimum absolute atomic E-state index is 0.0953. The Labute approximate surface area is 177 Å². The summed E-state index contributed by atoms with van der Waals surface area (Å²) < 4.78 is 39.9. The van der Waals surface area contributed by atoms with Gasteiger partial charge in [0, 0.05) is 31.5 Å². The largest absolute Gasteiger partial charge is 0.491 e. The molecule has 2 aliphatic rings. The van der Waals surface area contributed by atoms with Crippen LogP contribution in [0.3, 0.4) is 0 Å². The van der Waals surface area contributed by atoms with Crippen molar-refractivity contribution in [3.63, 3.8) is 0 Å². The van der Waals surface area contributed by atoms with Gasteiger partial charge in [-0.15, -0.1) is 0 Å². The Kier molecular flexibility index (Phi) is 5.52. The first-order chi connectivity index (χ1) is 14.8. The van der Waals surface area contributed by atoms with Gasteiger partial charge in [-0.2, -0.15) is 0 Å². The number of amides is 2. The summed E-state index contributed by atoms with van der Waals surface area (Å²) in [6.45, 7) is 2.39. The summed E-state index contributed by atoms with van der Waals surface area (Å²) in [6, 6.07) is 3.36. The summed E-state index contributed by atoms with van der Waals surface area (Å²) >= 11 is 0. The second kappa shape index (κ2) is 8.14. The van der Waals surface area contributed by atoms with Gasteiger partial charge in [-0.1, -0.05) is 0 Å². The van der Waals surface area contributed by atoms with Gasteiger partial charge >= 0.3 is 0 Å². The second-order valence-corrected chi connectivity index (χ2v) is 7.51. The molecule has 166 valence electrons. The number of ether oxygens (including phenoxy) is 2. The van der Waals surface area contributed by atoms with Crippen molar-refractivity contribution in [2.45, 2.75) is 44.5 Å². The lowest BCUT2D eigenvalue weighted by Crippen LogP contribution is -2.39. The van der Waals surface area contributed by atoms with Crippen LogP contribution in [0.5, 0.6) is 5.75 Å². The Morgan fingerprint density at radius 2 is 2.19 bits per heavy atom. The highest BCUT2D eigenvalue weighted by atomic mass is 19.3. The van der Waals surface area contributed by atoms with Crippen LogP contribution in [0.25, 0.3) is 11.4 Å². The van der Waals surface area contributed by atoms with Gasteiger partial charge < -0.3 is 25.1 Å². The number of fused-ring (bicyclic) bond motifs is 3. The van der Waals surface area contributed by atoms with E-state index in [4.69, 9.17) is 15.2 Å². The van der Waals surface area contributed by atoms with Gasteiger partial charge in [0.15, 0.2) is 5.82 Å². The molecule has 9 nitrogen and oxygen atoms in total. The van der Waals surface area contributed by atoms with Gasteiger partial charge in [0.05, 0.1) is 12.1 Å². The van der Waals surface area contributed by atoms with Crippen LogP contribution in [0.2, 0.25) is 0 Å². The summed E-state index contributed by atoms with van der Waals surface area (Å²) in [4.78, 5) is 29.5. The van der Waals surface area contributed by atoms with Gasteiger partial charge in [-0.3, -0.25) is 14.5 Å². The number of benzene rings is 1. The maximum absolute atomic E-state index is 13.6. The van der Waals surface area contributed by atoms with Crippen molar-refractivity contribution in [2.24, 2.45) is 5.73 Å². The summed E-state index contributed by atoms with van der Waals surface area (Å²) in [5, 5.41) is 2.99. The van der Waals surface area contributed by atoms with Crippen LogP contribution in [0.1, 0.15) is 13.3 Å². The van der Waals surface area contributed by atoms with E-state index in [1.54, 1.807) is 35.9 Å². The fourth-order valence-electron chi connectivity index (χ4n) is 3.83. The van der Waals surface area contributed by atoms with Crippen LogP contribution < -0.4 is 20.7 Å². The molecule has 0 aliphatic carbocycles. The van der Waals surface area contributed by atoms with Crippen LogP contribution in [0.4, 0.5) is 20.3 Å². The lowest BCUT2D eigenvalue weighted by molar-refractivity contribution is -0.125. The van der Waals surface area contributed by atoms with E-state index in [-0.39, 0.29) is 12.2 Å². The molecule has 1 fully saturated rings. The highest BCUT2D eigenvalue weighted by Gasteiger charge is 2.46. The van der Waals surface area contributed by atoms with Gasteiger partial charge in [0.1, 0.15) is 36.4 Å². The van der Waals surface area contributed by atoms with E-state index < -0.39 is 36.4 Å². The molecule has 4 rings (SSSR count). The molecule has 3 N–H and O–H groups in total. The number of primary amides is 1. The van der Waals surface area contributed by atoms with Crippen molar-refractivity contribution in [2.75, 3.05) is 23.9 Å². The van der Waals surface area contributed by atoms with Gasteiger partial charge in [-0.25, -0.2) is 13.8 Å². The van der Waals surface area contributed by atoms with Crippen molar-refractivity contribution in [1.82, 2.24) is 9.55 Å². The van der Waals surface area contributed by atoms with Crippen molar-refractivity contribution >= 4 is 23.3 Å². The minimum atomic E-state index is -2.72. The van der Waals surface area contributed by atoms with E-state index in [1.165, 1.54) is 7.11 Å². The van der Waals surface area contributed by atoms with Crippen molar-refractivity contribution in [1.29, 1.82) is 0 Å². The average Bonchev–Trinajstić information content (AvgIpc) is 3.24. The second-order valence-electron chi connectivity index (χ2n) is 7.51. The monoisotopic (exact) mass is 435 g/mol. The fourth-order valence-corrected chi connectivity index (χ4v) is 3.83. The third-order valence-electron chi connectivity index (χ3n) is 5.51. The number of aromatic nitrogens is 2. The van der Waals surface area contributed by atoms with Crippen LogP contribution in [-0.4, -0.2) is 59.7 Å². The molecule has 2 aliphatic heterocycles. The number of methoxy groups -OCH3 is 1. The molecule has 2 aromatic rings. The van der Waals surface area contributed by atoms with Crippen molar-refractivity contribution in [3.05, 3.63) is 24.4 Å². The fraction of sp³-hybridized carbons (Fsp3) is 0.450. The van der Waals surface area contributed by atoms with Crippen LogP contribution in [-0.2, 0) is 20.9 Å². The Morgan fingerprint density at radius 3 is 2.87 bits per heavy atom. The van der Waals surface area contributed by atoms with E-state index in [1.807, 2.05) is 0 Å². The molecule has 31 heavy (non-hydrogen) atoms. The molecule has 0 saturated carbocycles. The number of hydrogen-bond donors (Lipinski definition) is 2. The molecule has 1 saturated heterocycles. The summed E-state index contributed by atoms with van der Waals surface area (Å²) in [5.41, 5.74) is 6.58. The first-order valence-corrected chi connectivity index (χ1v) is 9.84. The Bertz CT molecular complexity index is 1010. The van der Waals surface area contributed by atoms with Gasteiger partial charge in [0.2, 0.25) is 5.91 Å². The quantitative estimate of drug-likeness (QED) is 0.713. The minimum Gasteiger partial charge on any atom is -0.491 e. The number of alkyl halides is 2. The van der Waals surface area contributed by atoms with Gasteiger partial charge in [0.25, 0.3) is 12.3 Å². The molecule has 3 atom stereocenters. The zero-order valence-electron chi connectivity index (χ0n) is 17.0. The maximum Gasteiger partial charge on any atom is 0.259 e. The van der Waals surface area contributed by atoms with E-state index in [0.29, 0.717) is 36.0 Å². The number of halogens is 2. The molecule has 11 heteroatoms. The van der Waals surface area contributed by atoms with E-state index >= 15 is 0 Å². The van der Waals surface area contributed by atoms with E-state index in [0.717, 1.165) is 4.90 Å². The Hall–Kier alpha value is -3.21. The molecule has 1 aromatic carbocycles. The number of nitrogens with two attached hydrogens (primary N) is 1. The van der Waals surface area contributed by atoms with E-state index in [2.05, 4.69) is 10.3 Å². The Balaban J connectivity index is 1.69. The van der Waals surface area contributed by atoms with Crippen molar-refractivity contribution in [3.8, 4) is 17.1 Å². The third kappa shape index (κ3) is 3.80. The number of rotatable bonds is 6. The molecular weight excluding hydrogens is 412 g/mol. The Morgan fingerprint density at radius 1 is 1.42 bits per heavy atom. The molecule has 3 heterocycles. The number of nitrogens with one attached hydrogen (secondary N) is 1. The first kappa shape index (κ1) is 21.0. The summed E-state index contributed by atoms with van der Waals surface area (Å²) in [6.07, 6.45) is -2.15. The SMILES string of the molecule is CO[C@H]1C[C@@H](C(F)F)N(c2cn3c(n2)-c2ccc(N[C@@H](C)C(N)=O)cc2OCC3)C1=O. The van der Waals surface area contributed by atoms with Gasteiger partial charge in [-0.05, 0) is 19.1 Å². The number of carbonyl (C=O) groups excluding carboxylic acids is 2. The highest BCUT2D eigenvalue weighted by Crippen LogP contribution is 2.38. The van der Waals surface area contributed by atoms with Crippen LogP contribution in [0, 0.1) is 0 Å². The summed E-state index contributed by atoms with van der Waals surface area (Å²) in [7, 11) is 1.33. The maximum atomic E-state index is 13.6. The number of imidazole rings is 1. The van der Waals surface area contributed by atoms with Crippen LogP contribution in [0.15, 0.2) is 24.4 Å². The van der Waals surface area contributed by atoms with Crippen LogP contribution >= 0.6 is 0 Å². The molecular formula is C20H23F2N5O4. The standard InChI is InChI=1S/C20H23F2N5O4/c1-10(18(23)28)24-11-3-4-12-14(7-11)31-6-5-26-9-16(25-19(12)26)27-13(17(21)22)8-15(30-2)20(27)29/h3-4,7,9-10,13,15,17,24H,5-6,8H2,1-2H3,(H2,23,28)/t10-,13-,15-/m0/s1. The van der Waals surface area contributed by atoms with E-state index in [9.17, 15) is 18.4 Å². The zero-order chi connectivity index (χ0) is 22.3. The molecule has 0 unspecified atom stereocenters. The molecule has 0 bridgehead atoms. The number of hydrogen-bond acceptors (Lipinski definition) is 6.